The molecule has 128 valence electrons. The summed E-state index contributed by atoms with van der Waals surface area (Å²) in [5.74, 6) is -0.560. The summed E-state index contributed by atoms with van der Waals surface area (Å²) >= 11 is 0. The average molecular weight is 326 g/mol. The minimum Gasteiger partial charge on any atom is -0.481 e. The molecule has 0 heterocycles. The normalized spacial score (nSPS) is 11.7. The molecule has 0 aliphatic carbocycles. The molecular formula is C16H23FN2O4. The highest BCUT2D eigenvalue weighted by Gasteiger charge is 2.21. The van der Waals surface area contributed by atoms with Gasteiger partial charge in [0.05, 0.1) is 6.54 Å². The zero-order valence-electron chi connectivity index (χ0n) is 13.7. The highest BCUT2D eigenvalue weighted by atomic mass is 19.1. The maximum atomic E-state index is 12.8. The summed E-state index contributed by atoms with van der Waals surface area (Å²) in [5.41, 5.74) is 0. The molecule has 0 spiro atoms. The minimum atomic E-state index is -0.772. The van der Waals surface area contributed by atoms with E-state index < -0.39 is 6.10 Å². The van der Waals surface area contributed by atoms with E-state index in [1.54, 1.807) is 14.0 Å². The number of rotatable bonds is 9. The van der Waals surface area contributed by atoms with Crippen molar-refractivity contribution in [2.45, 2.75) is 19.4 Å². The standard InChI is InChI=1S/C16H23FN2O4/c1-12(23-14-7-5-13(17)6-8-14)16(21)19(2)11-15(20)18-9-4-10-22-3/h5-8,12H,4,9-11H2,1-3H3,(H,18,20). The van der Waals surface area contributed by atoms with Gasteiger partial charge in [-0.3, -0.25) is 9.59 Å². The second kappa shape index (κ2) is 9.78. The molecule has 0 saturated heterocycles. The van der Waals surface area contributed by atoms with Crippen molar-refractivity contribution in [1.29, 1.82) is 0 Å². The van der Waals surface area contributed by atoms with E-state index >= 15 is 0 Å². The smallest absolute Gasteiger partial charge is 0.263 e. The van der Waals surface area contributed by atoms with E-state index in [-0.39, 0.29) is 24.2 Å². The minimum absolute atomic E-state index is 0.0526. The van der Waals surface area contributed by atoms with Gasteiger partial charge in [0.25, 0.3) is 5.91 Å². The largest absolute Gasteiger partial charge is 0.481 e. The lowest BCUT2D eigenvalue weighted by molar-refractivity contribution is -0.139. The van der Waals surface area contributed by atoms with Gasteiger partial charge in [0.2, 0.25) is 5.91 Å². The second-order valence-corrected chi connectivity index (χ2v) is 5.10. The number of nitrogens with zero attached hydrogens (tertiary/aromatic N) is 1. The van der Waals surface area contributed by atoms with Gasteiger partial charge in [-0.15, -0.1) is 0 Å². The van der Waals surface area contributed by atoms with Crippen LogP contribution >= 0.6 is 0 Å². The number of nitrogens with one attached hydrogen (secondary N) is 1. The molecule has 0 radical (unpaired) electrons. The lowest BCUT2D eigenvalue weighted by atomic mass is 10.3. The van der Waals surface area contributed by atoms with Crippen LogP contribution < -0.4 is 10.1 Å². The first kappa shape index (κ1) is 18.9. The summed E-state index contributed by atoms with van der Waals surface area (Å²) in [4.78, 5) is 25.2. The summed E-state index contributed by atoms with van der Waals surface area (Å²) in [6, 6.07) is 5.40. The van der Waals surface area contributed by atoms with Crippen LogP contribution in [0.15, 0.2) is 24.3 Å². The molecule has 0 saturated carbocycles. The van der Waals surface area contributed by atoms with E-state index in [4.69, 9.17) is 9.47 Å². The number of carbonyl (C=O) groups is 2. The quantitative estimate of drug-likeness (QED) is 0.693. The van der Waals surface area contributed by atoms with Crippen LogP contribution in [-0.4, -0.2) is 56.7 Å². The van der Waals surface area contributed by atoms with Crippen molar-refractivity contribution < 1.29 is 23.5 Å². The number of ether oxygens (including phenoxy) is 2. The highest BCUT2D eigenvalue weighted by Crippen LogP contribution is 2.13. The topological polar surface area (TPSA) is 67.9 Å². The van der Waals surface area contributed by atoms with Gasteiger partial charge in [-0.1, -0.05) is 0 Å². The van der Waals surface area contributed by atoms with Crippen LogP contribution in [0.5, 0.6) is 5.75 Å². The Morgan fingerprint density at radius 3 is 2.57 bits per heavy atom. The van der Waals surface area contributed by atoms with Crippen molar-refractivity contribution in [2.75, 3.05) is 33.9 Å². The third-order valence-electron chi connectivity index (χ3n) is 3.08. The Hall–Kier alpha value is -2.15. The Kier molecular flexibility index (Phi) is 8.04. The van der Waals surface area contributed by atoms with Crippen LogP contribution in [0.4, 0.5) is 4.39 Å². The second-order valence-electron chi connectivity index (χ2n) is 5.10. The first-order chi connectivity index (χ1) is 10.9. The number of carbonyl (C=O) groups excluding carboxylic acids is 2. The zero-order chi connectivity index (χ0) is 17.2. The molecule has 1 aromatic carbocycles. The molecule has 6 nitrogen and oxygen atoms in total. The Morgan fingerprint density at radius 2 is 1.96 bits per heavy atom. The van der Waals surface area contributed by atoms with Gasteiger partial charge in [-0.25, -0.2) is 4.39 Å². The molecule has 0 aliphatic heterocycles. The van der Waals surface area contributed by atoms with Crippen molar-refractivity contribution in [3.8, 4) is 5.75 Å². The lowest BCUT2D eigenvalue weighted by Crippen LogP contribution is -2.43. The van der Waals surface area contributed by atoms with Crippen molar-refractivity contribution >= 4 is 11.8 Å². The maximum absolute atomic E-state index is 12.8. The Bertz CT molecular complexity index is 507. The van der Waals surface area contributed by atoms with Crippen molar-refractivity contribution in [1.82, 2.24) is 10.2 Å². The molecule has 1 atom stereocenters. The lowest BCUT2D eigenvalue weighted by Gasteiger charge is -2.21. The molecule has 23 heavy (non-hydrogen) atoms. The van der Waals surface area contributed by atoms with Crippen LogP contribution in [0.1, 0.15) is 13.3 Å². The Balaban J connectivity index is 2.39. The third-order valence-corrected chi connectivity index (χ3v) is 3.08. The van der Waals surface area contributed by atoms with Gasteiger partial charge >= 0.3 is 0 Å². The van der Waals surface area contributed by atoms with Gasteiger partial charge in [0.15, 0.2) is 6.10 Å². The van der Waals surface area contributed by atoms with Crippen LogP contribution in [0, 0.1) is 5.82 Å². The Labute approximate surface area is 135 Å². The summed E-state index contributed by atoms with van der Waals surface area (Å²) in [5, 5.41) is 2.70. The average Bonchev–Trinajstić information content (AvgIpc) is 2.53. The number of amides is 2. The van der Waals surface area contributed by atoms with Crippen LogP contribution in [0.2, 0.25) is 0 Å². The number of likely N-dealkylation sites (N-methyl/N-ethyl adjacent to an activating group) is 1. The van der Waals surface area contributed by atoms with Crippen LogP contribution in [0.25, 0.3) is 0 Å². The number of benzene rings is 1. The summed E-state index contributed by atoms with van der Waals surface area (Å²) in [6.45, 7) is 2.59. The fourth-order valence-electron chi connectivity index (χ4n) is 1.87. The molecule has 0 bridgehead atoms. The van der Waals surface area contributed by atoms with Crippen molar-refractivity contribution in [2.24, 2.45) is 0 Å². The Morgan fingerprint density at radius 1 is 1.30 bits per heavy atom. The summed E-state index contributed by atoms with van der Waals surface area (Å²) in [6.07, 6.45) is -0.0592. The molecular weight excluding hydrogens is 303 g/mol. The van der Waals surface area contributed by atoms with E-state index in [2.05, 4.69) is 5.32 Å². The molecule has 0 aromatic heterocycles. The molecule has 0 aliphatic rings. The molecule has 1 aromatic rings. The van der Waals surface area contributed by atoms with E-state index in [0.717, 1.165) is 0 Å². The first-order valence-electron chi connectivity index (χ1n) is 7.37. The zero-order valence-corrected chi connectivity index (χ0v) is 13.7. The summed E-state index contributed by atoms with van der Waals surface area (Å²) in [7, 11) is 3.12. The number of hydrogen-bond donors (Lipinski definition) is 1. The molecule has 2 amide bonds. The summed E-state index contributed by atoms with van der Waals surface area (Å²) < 4.78 is 23.1. The SMILES string of the molecule is COCCCNC(=O)CN(C)C(=O)C(C)Oc1ccc(F)cc1. The number of hydrogen-bond acceptors (Lipinski definition) is 4. The fourth-order valence-corrected chi connectivity index (χ4v) is 1.87. The number of halogens is 1. The maximum Gasteiger partial charge on any atom is 0.263 e. The van der Waals surface area contributed by atoms with Crippen molar-refractivity contribution in [3.05, 3.63) is 30.1 Å². The predicted octanol–water partition coefficient (Wildman–Crippen LogP) is 1.20. The first-order valence-corrected chi connectivity index (χ1v) is 7.37. The van der Waals surface area contributed by atoms with Crippen LogP contribution in [-0.2, 0) is 14.3 Å². The van der Waals surface area contributed by atoms with Gasteiger partial charge in [-0.05, 0) is 37.6 Å². The van der Waals surface area contributed by atoms with E-state index in [1.807, 2.05) is 0 Å². The molecule has 1 unspecified atom stereocenters. The van der Waals surface area contributed by atoms with Crippen molar-refractivity contribution in [3.63, 3.8) is 0 Å². The van der Waals surface area contributed by atoms with Crippen LogP contribution in [0.3, 0.4) is 0 Å². The highest BCUT2D eigenvalue weighted by molar-refractivity contribution is 5.86. The predicted molar refractivity (Wildman–Crippen MR) is 83.6 cm³/mol. The number of methoxy groups -OCH3 is 1. The molecule has 7 heteroatoms. The monoisotopic (exact) mass is 326 g/mol. The fraction of sp³-hybridized carbons (Fsp3) is 0.500. The molecule has 1 rings (SSSR count). The third kappa shape index (κ3) is 7.10. The van der Waals surface area contributed by atoms with Gasteiger partial charge in [0.1, 0.15) is 11.6 Å². The molecule has 0 fully saturated rings. The van der Waals surface area contributed by atoms with Gasteiger partial charge in [0, 0.05) is 27.3 Å². The van der Waals surface area contributed by atoms with E-state index in [1.165, 1.54) is 36.2 Å². The van der Waals surface area contributed by atoms with E-state index in [0.29, 0.717) is 25.3 Å². The van der Waals surface area contributed by atoms with Gasteiger partial charge in [-0.2, -0.15) is 0 Å². The molecule has 1 N–H and O–H groups in total. The van der Waals surface area contributed by atoms with E-state index in [9.17, 15) is 14.0 Å². The van der Waals surface area contributed by atoms with Gasteiger partial charge < -0.3 is 19.7 Å².